The van der Waals surface area contributed by atoms with Crippen molar-refractivity contribution in [1.82, 2.24) is 15.0 Å². The Labute approximate surface area is 114 Å². The van der Waals surface area contributed by atoms with Crippen molar-refractivity contribution in [2.24, 2.45) is 0 Å². The van der Waals surface area contributed by atoms with Gasteiger partial charge in [-0.25, -0.2) is 0 Å². The third-order valence-electron chi connectivity index (χ3n) is 3.12. The van der Waals surface area contributed by atoms with E-state index in [9.17, 15) is 0 Å². The maximum absolute atomic E-state index is 5.16. The molecule has 0 fully saturated rings. The number of aryl methyl sites for hydroxylation is 1. The first kappa shape index (κ1) is 13.7. The van der Waals surface area contributed by atoms with Gasteiger partial charge in [0, 0.05) is 19.0 Å². The van der Waals surface area contributed by atoms with Crippen LogP contribution in [-0.2, 0) is 19.5 Å². The van der Waals surface area contributed by atoms with E-state index in [1.807, 2.05) is 13.0 Å². The number of aromatic nitrogens is 2. The Balaban J connectivity index is 2.04. The maximum atomic E-state index is 5.16. The molecule has 0 saturated heterocycles. The zero-order valence-electron chi connectivity index (χ0n) is 11.8. The second-order valence-corrected chi connectivity index (χ2v) is 4.94. The quantitative estimate of drug-likeness (QED) is 0.799. The second kappa shape index (κ2) is 6.48. The van der Waals surface area contributed by atoms with Crippen LogP contribution in [0.2, 0.25) is 0 Å². The number of nitrogens with zero attached hydrogens (tertiary/aromatic N) is 3. The molecule has 0 aliphatic heterocycles. The first-order valence-corrected chi connectivity index (χ1v) is 6.78. The third kappa shape index (κ3) is 3.89. The van der Waals surface area contributed by atoms with Crippen molar-refractivity contribution < 1.29 is 4.52 Å². The van der Waals surface area contributed by atoms with Crippen molar-refractivity contribution in [3.8, 4) is 0 Å². The van der Waals surface area contributed by atoms with E-state index in [0.717, 1.165) is 25.3 Å². The molecule has 19 heavy (non-hydrogen) atoms. The van der Waals surface area contributed by atoms with Crippen LogP contribution in [0.15, 0.2) is 34.9 Å². The van der Waals surface area contributed by atoms with E-state index in [1.165, 1.54) is 5.56 Å². The zero-order valence-corrected chi connectivity index (χ0v) is 11.8. The normalized spacial score (nSPS) is 11.4. The number of hydrogen-bond acceptors (Lipinski definition) is 4. The molecule has 0 aliphatic rings. The van der Waals surface area contributed by atoms with E-state index >= 15 is 0 Å². The molecule has 4 nitrogen and oxygen atoms in total. The Morgan fingerprint density at radius 1 is 1.16 bits per heavy atom. The molecule has 0 N–H and O–H groups in total. The molecule has 1 aromatic heterocycles. The molecule has 0 bridgehead atoms. The van der Waals surface area contributed by atoms with Gasteiger partial charge in [0.15, 0.2) is 5.82 Å². The van der Waals surface area contributed by atoms with Crippen LogP contribution in [0.5, 0.6) is 0 Å². The van der Waals surface area contributed by atoms with E-state index in [0.29, 0.717) is 11.9 Å². The summed E-state index contributed by atoms with van der Waals surface area (Å²) in [5.74, 6) is 1.47. The van der Waals surface area contributed by atoms with Crippen molar-refractivity contribution in [1.29, 1.82) is 0 Å². The zero-order chi connectivity index (χ0) is 13.7. The highest BCUT2D eigenvalue weighted by Gasteiger charge is 2.14. The van der Waals surface area contributed by atoms with E-state index in [2.05, 4.69) is 53.2 Å². The fraction of sp³-hybridized carbons (Fsp3) is 0.467. The Bertz CT molecular complexity index is 493. The van der Waals surface area contributed by atoms with E-state index in [4.69, 9.17) is 4.52 Å². The van der Waals surface area contributed by atoms with Gasteiger partial charge in [-0.2, -0.15) is 4.98 Å². The van der Waals surface area contributed by atoms with Gasteiger partial charge in [-0.05, 0) is 19.4 Å². The topological polar surface area (TPSA) is 42.2 Å². The van der Waals surface area contributed by atoms with Crippen LogP contribution in [0, 0.1) is 0 Å². The molecule has 4 heteroatoms. The van der Waals surface area contributed by atoms with Crippen LogP contribution in [0.25, 0.3) is 0 Å². The lowest BCUT2D eigenvalue weighted by Crippen LogP contribution is -2.30. The maximum Gasteiger partial charge on any atom is 0.226 e. The molecule has 2 rings (SSSR count). The predicted molar refractivity (Wildman–Crippen MR) is 74.5 cm³/mol. The first-order chi connectivity index (χ1) is 9.19. The van der Waals surface area contributed by atoms with Gasteiger partial charge in [-0.15, -0.1) is 0 Å². The first-order valence-electron chi connectivity index (χ1n) is 6.78. The Morgan fingerprint density at radius 3 is 2.47 bits per heavy atom. The molecule has 0 spiro atoms. The molecule has 0 amide bonds. The molecule has 0 radical (unpaired) electrons. The minimum absolute atomic E-state index is 0.434. The Hall–Kier alpha value is -1.68. The fourth-order valence-corrected chi connectivity index (χ4v) is 1.92. The minimum atomic E-state index is 0.434. The van der Waals surface area contributed by atoms with Crippen molar-refractivity contribution in [3.05, 3.63) is 47.6 Å². The Morgan fingerprint density at radius 2 is 1.89 bits per heavy atom. The number of hydrogen-bond donors (Lipinski definition) is 0. The third-order valence-corrected chi connectivity index (χ3v) is 3.12. The fourth-order valence-electron chi connectivity index (χ4n) is 1.92. The van der Waals surface area contributed by atoms with Crippen molar-refractivity contribution in [2.45, 2.75) is 46.3 Å². The summed E-state index contributed by atoms with van der Waals surface area (Å²) >= 11 is 0. The van der Waals surface area contributed by atoms with E-state index < -0.39 is 0 Å². The highest BCUT2D eigenvalue weighted by Crippen LogP contribution is 2.11. The van der Waals surface area contributed by atoms with Crippen LogP contribution in [0.3, 0.4) is 0 Å². The van der Waals surface area contributed by atoms with Crippen molar-refractivity contribution >= 4 is 0 Å². The number of rotatable bonds is 6. The summed E-state index contributed by atoms with van der Waals surface area (Å²) in [6, 6.07) is 10.9. The van der Waals surface area contributed by atoms with Crippen LogP contribution < -0.4 is 0 Å². The van der Waals surface area contributed by atoms with E-state index in [-0.39, 0.29) is 0 Å². The summed E-state index contributed by atoms with van der Waals surface area (Å²) < 4.78 is 5.16. The highest BCUT2D eigenvalue weighted by atomic mass is 16.5. The van der Waals surface area contributed by atoms with Crippen molar-refractivity contribution in [3.63, 3.8) is 0 Å². The summed E-state index contributed by atoms with van der Waals surface area (Å²) in [5, 5.41) is 4.02. The highest BCUT2D eigenvalue weighted by molar-refractivity contribution is 5.14. The predicted octanol–water partition coefficient (Wildman–Crippen LogP) is 3.04. The summed E-state index contributed by atoms with van der Waals surface area (Å²) in [6.45, 7) is 8.00. The van der Waals surface area contributed by atoms with Gasteiger partial charge in [0.25, 0.3) is 0 Å². The van der Waals surface area contributed by atoms with Gasteiger partial charge in [-0.1, -0.05) is 42.4 Å². The van der Waals surface area contributed by atoms with E-state index in [1.54, 1.807) is 0 Å². The van der Waals surface area contributed by atoms with Crippen LogP contribution >= 0.6 is 0 Å². The molecule has 0 atom stereocenters. The van der Waals surface area contributed by atoms with Crippen LogP contribution in [0.1, 0.15) is 38.0 Å². The lowest BCUT2D eigenvalue weighted by molar-refractivity contribution is 0.196. The summed E-state index contributed by atoms with van der Waals surface area (Å²) in [5.41, 5.74) is 1.30. The lowest BCUT2D eigenvalue weighted by atomic mass is 10.2. The number of benzene rings is 1. The summed E-state index contributed by atoms with van der Waals surface area (Å²) in [7, 11) is 0. The molecule has 0 aliphatic carbocycles. The smallest absolute Gasteiger partial charge is 0.226 e. The summed E-state index contributed by atoms with van der Waals surface area (Å²) in [6.07, 6.45) is 0.785. The Kier molecular flexibility index (Phi) is 4.68. The lowest BCUT2D eigenvalue weighted by Gasteiger charge is -2.24. The molecular weight excluding hydrogens is 238 g/mol. The molecule has 2 aromatic rings. The molecule has 0 unspecified atom stereocenters. The van der Waals surface area contributed by atoms with Crippen LogP contribution in [-0.4, -0.2) is 21.1 Å². The van der Waals surface area contributed by atoms with Gasteiger partial charge in [0.05, 0.1) is 6.54 Å². The average Bonchev–Trinajstić information content (AvgIpc) is 2.87. The molecule has 1 aromatic carbocycles. The largest absolute Gasteiger partial charge is 0.339 e. The standard InChI is InChI=1S/C15H21N3O/c1-4-15-16-14(17-19-15)11-18(12(2)3)10-13-8-6-5-7-9-13/h5-9,12H,4,10-11H2,1-3H3. The molecule has 0 saturated carbocycles. The molecular formula is C15H21N3O. The van der Waals surface area contributed by atoms with Crippen molar-refractivity contribution in [2.75, 3.05) is 0 Å². The van der Waals surface area contributed by atoms with Crippen LogP contribution in [0.4, 0.5) is 0 Å². The van der Waals surface area contributed by atoms with Gasteiger partial charge in [-0.3, -0.25) is 4.90 Å². The van der Waals surface area contributed by atoms with Gasteiger partial charge < -0.3 is 4.52 Å². The minimum Gasteiger partial charge on any atom is -0.339 e. The monoisotopic (exact) mass is 259 g/mol. The summed E-state index contributed by atoms with van der Waals surface area (Å²) in [4.78, 5) is 6.71. The van der Waals surface area contributed by atoms with Gasteiger partial charge in [0.1, 0.15) is 0 Å². The second-order valence-electron chi connectivity index (χ2n) is 4.94. The SMILES string of the molecule is CCc1nc(CN(Cc2ccccc2)C(C)C)no1. The average molecular weight is 259 g/mol. The van der Waals surface area contributed by atoms with Gasteiger partial charge >= 0.3 is 0 Å². The molecule has 102 valence electrons. The molecule has 1 heterocycles. The van der Waals surface area contributed by atoms with Gasteiger partial charge in [0.2, 0.25) is 5.89 Å².